The van der Waals surface area contributed by atoms with Gasteiger partial charge in [-0.3, -0.25) is 0 Å². The molecule has 0 amide bonds. The first kappa shape index (κ1) is 17.2. The lowest BCUT2D eigenvalue weighted by molar-refractivity contribution is 0.565. The molecule has 22 heavy (non-hydrogen) atoms. The van der Waals surface area contributed by atoms with Crippen LogP contribution < -0.4 is 4.72 Å². The van der Waals surface area contributed by atoms with Crippen LogP contribution in [0, 0.1) is 20.8 Å². The Morgan fingerprint density at radius 1 is 1.00 bits per heavy atom. The Morgan fingerprint density at radius 2 is 1.50 bits per heavy atom. The van der Waals surface area contributed by atoms with Gasteiger partial charge in [0.05, 0.1) is 4.90 Å². The lowest BCUT2D eigenvalue weighted by Gasteiger charge is -2.18. The number of aryl methyl sites for hydroxylation is 3. The molecule has 0 aliphatic rings. The third kappa shape index (κ3) is 3.77. The standard InChI is InChI=1S/C17H20BrNO2S/c1-11-9-12(2)17(13(3)10-11)22(20,21)19-14(4)15-5-7-16(18)8-6-15/h5-10,14,19H,1-4H3/t14-/m1/s1. The van der Waals surface area contributed by atoms with Crippen molar-refractivity contribution in [2.24, 2.45) is 0 Å². The zero-order valence-corrected chi connectivity index (χ0v) is 15.5. The molecule has 0 saturated carbocycles. The van der Waals surface area contributed by atoms with E-state index in [1.54, 1.807) is 0 Å². The second-order valence-electron chi connectivity index (χ2n) is 5.62. The fourth-order valence-corrected chi connectivity index (χ4v) is 4.65. The van der Waals surface area contributed by atoms with E-state index in [1.165, 1.54) is 0 Å². The van der Waals surface area contributed by atoms with Crippen LogP contribution in [0.5, 0.6) is 0 Å². The smallest absolute Gasteiger partial charge is 0.207 e. The van der Waals surface area contributed by atoms with Crippen molar-refractivity contribution < 1.29 is 8.42 Å². The maximum atomic E-state index is 12.7. The van der Waals surface area contributed by atoms with E-state index in [4.69, 9.17) is 0 Å². The molecular weight excluding hydrogens is 362 g/mol. The maximum Gasteiger partial charge on any atom is 0.241 e. The highest BCUT2D eigenvalue weighted by Crippen LogP contribution is 2.24. The van der Waals surface area contributed by atoms with Gasteiger partial charge < -0.3 is 0 Å². The van der Waals surface area contributed by atoms with Gasteiger partial charge in [-0.1, -0.05) is 45.8 Å². The van der Waals surface area contributed by atoms with Crippen molar-refractivity contribution in [3.05, 3.63) is 63.1 Å². The summed E-state index contributed by atoms with van der Waals surface area (Å²) >= 11 is 3.38. The molecule has 0 aromatic heterocycles. The molecule has 118 valence electrons. The second-order valence-corrected chi connectivity index (χ2v) is 8.19. The van der Waals surface area contributed by atoms with Crippen molar-refractivity contribution >= 4 is 26.0 Å². The summed E-state index contributed by atoms with van der Waals surface area (Å²) in [6.07, 6.45) is 0. The zero-order chi connectivity index (χ0) is 16.5. The first-order valence-electron chi connectivity index (χ1n) is 7.06. The van der Waals surface area contributed by atoms with Gasteiger partial charge in [0.2, 0.25) is 10.0 Å². The molecule has 1 N–H and O–H groups in total. The number of rotatable bonds is 4. The van der Waals surface area contributed by atoms with Gasteiger partial charge in [-0.25, -0.2) is 13.1 Å². The van der Waals surface area contributed by atoms with E-state index >= 15 is 0 Å². The topological polar surface area (TPSA) is 46.2 Å². The zero-order valence-electron chi connectivity index (χ0n) is 13.1. The minimum Gasteiger partial charge on any atom is -0.207 e. The third-order valence-corrected chi connectivity index (χ3v) is 5.95. The monoisotopic (exact) mass is 381 g/mol. The fraction of sp³-hybridized carbons (Fsp3) is 0.294. The van der Waals surface area contributed by atoms with Crippen LogP contribution in [0.25, 0.3) is 0 Å². The Kier molecular flexibility index (Phi) is 5.10. The minimum atomic E-state index is -3.56. The van der Waals surface area contributed by atoms with E-state index in [2.05, 4.69) is 20.7 Å². The van der Waals surface area contributed by atoms with Crippen LogP contribution in [0.3, 0.4) is 0 Å². The minimum absolute atomic E-state index is 0.293. The SMILES string of the molecule is Cc1cc(C)c(S(=O)(=O)N[C@H](C)c2ccc(Br)cc2)c(C)c1. The van der Waals surface area contributed by atoms with E-state index in [9.17, 15) is 8.42 Å². The lowest BCUT2D eigenvalue weighted by atomic mass is 10.1. The molecular formula is C17H20BrNO2S. The van der Waals surface area contributed by atoms with Crippen LogP contribution >= 0.6 is 15.9 Å². The molecule has 3 nitrogen and oxygen atoms in total. The first-order chi connectivity index (χ1) is 10.2. The molecule has 0 heterocycles. The van der Waals surface area contributed by atoms with Crippen molar-refractivity contribution in [1.82, 2.24) is 4.72 Å². The van der Waals surface area contributed by atoms with Gasteiger partial charge in [-0.15, -0.1) is 0 Å². The summed E-state index contributed by atoms with van der Waals surface area (Å²) in [4.78, 5) is 0.377. The van der Waals surface area contributed by atoms with Crippen LogP contribution in [-0.4, -0.2) is 8.42 Å². The summed E-state index contributed by atoms with van der Waals surface area (Å²) in [6.45, 7) is 7.48. The van der Waals surface area contributed by atoms with E-state index in [1.807, 2.05) is 64.1 Å². The number of hydrogen-bond acceptors (Lipinski definition) is 2. The molecule has 0 bridgehead atoms. The number of hydrogen-bond donors (Lipinski definition) is 1. The summed E-state index contributed by atoms with van der Waals surface area (Å²) < 4.78 is 29.2. The molecule has 0 radical (unpaired) electrons. The summed E-state index contributed by atoms with van der Waals surface area (Å²) in [7, 11) is -3.56. The lowest BCUT2D eigenvalue weighted by Crippen LogP contribution is -2.28. The van der Waals surface area contributed by atoms with Gasteiger partial charge in [0.1, 0.15) is 0 Å². The molecule has 0 aliphatic heterocycles. The van der Waals surface area contributed by atoms with Crippen molar-refractivity contribution in [1.29, 1.82) is 0 Å². The second kappa shape index (κ2) is 6.52. The molecule has 1 atom stereocenters. The van der Waals surface area contributed by atoms with Crippen molar-refractivity contribution in [2.45, 2.75) is 38.6 Å². The Labute approximate surface area is 140 Å². The molecule has 2 aromatic carbocycles. The van der Waals surface area contributed by atoms with Gasteiger partial charge in [-0.2, -0.15) is 0 Å². The highest BCUT2D eigenvalue weighted by molar-refractivity contribution is 9.10. The van der Waals surface area contributed by atoms with E-state index in [0.29, 0.717) is 4.90 Å². The van der Waals surface area contributed by atoms with Crippen molar-refractivity contribution in [2.75, 3.05) is 0 Å². The number of benzene rings is 2. The summed E-state index contributed by atoms with van der Waals surface area (Å²) in [5.74, 6) is 0. The molecule has 0 fully saturated rings. The van der Waals surface area contributed by atoms with E-state index < -0.39 is 10.0 Å². The largest absolute Gasteiger partial charge is 0.241 e. The van der Waals surface area contributed by atoms with Crippen LogP contribution in [-0.2, 0) is 10.0 Å². The summed E-state index contributed by atoms with van der Waals surface area (Å²) in [5.41, 5.74) is 3.53. The summed E-state index contributed by atoms with van der Waals surface area (Å²) in [5, 5.41) is 0. The number of halogens is 1. The Balaban J connectivity index is 2.34. The molecule has 0 aliphatic carbocycles. The molecule has 2 rings (SSSR count). The highest BCUT2D eigenvalue weighted by Gasteiger charge is 2.22. The molecule has 0 saturated heterocycles. The van der Waals surface area contributed by atoms with Crippen LogP contribution in [0.1, 0.15) is 35.2 Å². The number of nitrogens with one attached hydrogen (secondary N) is 1. The average Bonchev–Trinajstić information content (AvgIpc) is 2.36. The maximum absolute atomic E-state index is 12.7. The molecule has 5 heteroatoms. The first-order valence-corrected chi connectivity index (χ1v) is 9.34. The fourth-order valence-electron chi connectivity index (χ4n) is 2.70. The predicted molar refractivity (Wildman–Crippen MR) is 93.5 cm³/mol. The van der Waals surface area contributed by atoms with Gasteiger partial charge in [0.15, 0.2) is 0 Å². The van der Waals surface area contributed by atoms with Crippen LogP contribution in [0.15, 0.2) is 45.8 Å². The number of sulfonamides is 1. The van der Waals surface area contributed by atoms with Gasteiger partial charge in [0, 0.05) is 10.5 Å². The Bertz CT molecular complexity index is 760. The third-order valence-electron chi connectivity index (χ3n) is 3.58. The Hall–Kier alpha value is -1.17. The van der Waals surface area contributed by atoms with E-state index in [0.717, 1.165) is 26.7 Å². The van der Waals surface area contributed by atoms with Crippen LogP contribution in [0.2, 0.25) is 0 Å². The van der Waals surface area contributed by atoms with Gasteiger partial charge in [-0.05, 0) is 56.5 Å². The quantitative estimate of drug-likeness (QED) is 0.851. The molecule has 0 spiro atoms. The van der Waals surface area contributed by atoms with Crippen molar-refractivity contribution in [3.63, 3.8) is 0 Å². The molecule has 2 aromatic rings. The Morgan fingerprint density at radius 3 is 2.00 bits per heavy atom. The predicted octanol–water partition coefficient (Wildman–Crippen LogP) is 4.41. The highest BCUT2D eigenvalue weighted by atomic mass is 79.9. The van der Waals surface area contributed by atoms with Gasteiger partial charge in [0.25, 0.3) is 0 Å². The summed E-state index contributed by atoms with van der Waals surface area (Å²) in [6, 6.07) is 11.1. The van der Waals surface area contributed by atoms with Crippen LogP contribution in [0.4, 0.5) is 0 Å². The normalized spacial score (nSPS) is 13.1. The molecule has 0 unspecified atom stereocenters. The van der Waals surface area contributed by atoms with Gasteiger partial charge >= 0.3 is 0 Å². The van der Waals surface area contributed by atoms with E-state index in [-0.39, 0.29) is 6.04 Å². The van der Waals surface area contributed by atoms with Crippen molar-refractivity contribution in [3.8, 4) is 0 Å². The average molecular weight is 382 g/mol.